The van der Waals surface area contributed by atoms with Crippen LogP contribution >= 0.6 is 11.3 Å². The fourth-order valence-corrected chi connectivity index (χ4v) is 4.39. The Morgan fingerprint density at radius 1 is 1.26 bits per heavy atom. The molecule has 0 spiro atoms. The third-order valence-corrected chi connectivity index (χ3v) is 6.15. The van der Waals surface area contributed by atoms with Crippen molar-refractivity contribution < 1.29 is 9.59 Å². The van der Waals surface area contributed by atoms with E-state index in [2.05, 4.69) is 17.2 Å². The molecule has 1 saturated heterocycles. The number of aromatic nitrogens is 2. The first-order valence-corrected chi connectivity index (χ1v) is 10.4. The standard InChI is InChI=1S/C19H26N4O3S/c1-3-4-8-20-17(25)16-13(2)15-18(27-16)21-12-23(19(15)26)11-14(24)22-9-6-5-7-10-22/h12H,3-11H2,1-2H3,(H,20,25). The third kappa shape index (κ3) is 4.21. The SMILES string of the molecule is CCCCNC(=O)c1sc2ncn(CC(=O)N3CCCCC3)c(=O)c2c1C. The molecular weight excluding hydrogens is 364 g/mol. The highest BCUT2D eigenvalue weighted by molar-refractivity contribution is 7.20. The van der Waals surface area contributed by atoms with E-state index in [0.717, 1.165) is 45.2 Å². The van der Waals surface area contributed by atoms with Crippen molar-refractivity contribution in [3.05, 3.63) is 27.1 Å². The maximum Gasteiger partial charge on any atom is 0.262 e. The Bertz CT molecular complexity index is 896. The lowest BCUT2D eigenvalue weighted by atomic mass is 10.1. The lowest BCUT2D eigenvalue weighted by Gasteiger charge is -2.26. The van der Waals surface area contributed by atoms with Crippen LogP contribution in [0.1, 0.15) is 54.3 Å². The zero-order valence-corrected chi connectivity index (χ0v) is 16.7. The minimum absolute atomic E-state index is 0.00487. The van der Waals surface area contributed by atoms with Crippen molar-refractivity contribution in [1.29, 1.82) is 0 Å². The summed E-state index contributed by atoms with van der Waals surface area (Å²) in [5.41, 5.74) is 0.382. The molecule has 0 saturated carbocycles. The summed E-state index contributed by atoms with van der Waals surface area (Å²) in [4.78, 5) is 45.0. The van der Waals surface area contributed by atoms with Crippen molar-refractivity contribution in [2.24, 2.45) is 0 Å². The monoisotopic (exact) mass is 390 g/mol. The van der Waals surface area contributed by atoms with Gasteiger partial charge in [0, 0.05) is 19.6 Å². The molecule has 3 heterocycles. The lowest BCUT2D eigenvalue weighted by Crippen LogP contribution is -2.39. The number of carbonyl (C=O) groups is 2. The van der Waals surface area contributed by atoms with E-state index < -0.39 is 0 Å². The number of nitrogens with zero attached hydrogens (tertiary/aromatic N) is 3. The van der Waals surface area contributed by atoms with Crippen LogP contribution in [-0.2, 0) is 11.3 Å². The van der Waals surface area contributed by atoms with Gasteiger partial charge in [-0.25, -0.2) is 4.98 Å². The number of thiophene rings is 1. The Hall–Kier alpha value is -2.22. The van der Waals surface area contributed by atoms with Gasteiger partial charge in [0.1, 0.15) is 11.4 Å². The van der Waals surface area contributed by atoms with Crippen molar-refractivity contribution in [2.75, 3.05) is 19.6 Å². The summed E-state index contributed by atoms with van der Waals surface area (Å²) >= 11 is 1.23. The van der Waals surface area contributed by atoms with Crippen LogP contribution in [0.25, 0.3) is 10.2 Å². The van der Waals surface area contributed by atoms with Crippen molar-refractivity contribution in [3.8, 4) is 0 Å². The minimum atomic E-state index is -0.258. The minimum Gasteiger partial charge on any atom is -0.351 e. The van der Waals surface area contributed by atoms with E-state index in [1.165, 1.54) is 22.2 Å². The van der Waals surface area contributed by atoms with Crippen LogP contribution < -0.4 is 10.9 Å². The van der Waals surface area contributed by atoms with E-state index in [1.807, 2.05) is 4.90 Å². The second-order valence-electron chi connectivity index (χ2n) is 6.96. The zero-order chi connectivity index (χ0) is 19.4. The van der Waals surface area contributed by atoms with E-state index in [0.29, 0.717) is 27.2 Å². The molecule has 27 heavy (non-hydrogen) atoms. The van der Waals surface area contributed by atoms with Crippen LogP contribution in [0.4, 0.5) is 0 Å². The van der Waals surface area contributed by atoms with Gasteiger partial charge in [-0.15, -0.1) is 11.3 Å². The van der Waals surface area contributed by atoms with E-state index >= 15 is 0 Å². The molecule has 2 aromatic heterocycles. The fourth-order valence-electron chi connectivity index (χ4n) is 3.34. The first-order chi connectivity index (χ1) is 13.0. The quantitative estimate of drug-likeness (QED) is 0.767. The molecule has 0 aliphatic carbocycles. The predicted molar refractivity (Wildman–Crippen MR) is 106 cm³/mol. The highest BCUT2D eigenvalue weighted by Crippen LogP contribution is 2.26. The zero-order valence-electron chi connectivity index (χ0n) is 15.9. The highest BCUT2D eigenvalue weighted by Gasteiger charge is 2.21. The van der Waals surface area contributed by atoms with Crippen LogP contribution in [0.5, 0.6) is 0 Å². The fraction of sp³-hybridized carbons (Fsp3) is 0.579. The molecule has 1 N–H and O–H groups in total. The summed E-state index contributed by atoms with van der Waals surface area (Å²) in [5.74, 6) is -0.220. The number of nitrogens with one attached hydrogen (secondary N) is 1. The van der Waals surface area contributed by atoms with Crippen LogP contribution in [0.3, 0.4) is 0 Å². The Kier molecular flexibility index (Phi) is 6.26. The molecule has 0 aromatic carbocycles. The van der Waals surface area contributed by atoms with Crippen LogP contribution in [0.15, 0.2) is 11.1 Å². The average molecular weight is 391 g/mol. The lowest BCUT2D eigenvalue weighted by molar-refractivity contribution is -0.132. The number of amides is 2. The first kappa shape index (κ1) is 19.5. The molecular formula is C19H26N4O3S. The molecule has 0 atom stereocenters. The number of carbonyl (C=O) groups excluding carboxylic acids is 2. The number of hydrogen-bond acceptors (Lipinski definition) is 5. The van der Waals surface area contributed by atoms with Crippen molar-refractivity contribution in [2.45, 2.75) is 52.5 Å². The van der Waals surface area contributed by atoms with Gasteiger partial charge >= 0.3 is 0 Å². The average Bonchev–Trinajstić information content (AvgIpc) is 3.02. The second kappa shape index (κ2) is 8.65. The number of likely N-dealkylation sites (tertiary alicyclic amines) is 1. The number of rotatable bonds is 6. The topological polar surface area (TPSA) is 84.3 Å². The van der Waals surface area contributed by atoms with Gasteiger partial charge in [-0.05, 0) is 38.2 Å². The molecule has 146 valence electrons. The summed E-state index contributed by atoms with van der Waals surface area (Å²) in [5, 5.41) is 3.32. The predicted octanol–water partition coefficient (Wildman–Crippen LogP) is 2.31. The Labute approximate surface area is 162 Å². The Balaban J connectivity index is 1.84. The van der Waals surface area contributed by atoms with Gasteiger partial charge in [0.05, 0.1) is 16.6 Å². The van der Waals surface area contributed by atoms with Crippen LogP contribution in [0, 0.1) is 6.92 Å². The summed E-state index contributed by atoms with van der Waals surface area (Å²) in [6.45, 7) is 5.95. The van der Waals surface area contributed by atoms with Gasteiger partial charge in [0.15, 0.2) is 0 Å². The number of unbranched alkanes of at least 4 members (excludes halogenated alkanes) is 1. The molecule has 1 aliphatic rings. The molecule has 3 rings (SSSR count). The first-order valence-electron chi connectivity index (χ1n) is 9.57. The summed E-state index contributed by atoms with van der Waals surface area (Å²) < 4.78 is 1.36. The van der Waals surface area contributed by atoms with Crippen molar-refractivity contribution in [1.82, 2.24) is 19.8 Å². The molecule has 7 nitrogen and oxygen atoms in total. The summed E-state index contributed by atoms with van der Waals surface area (Å²) in [6, 6.07) is 0. The van der Waals surface area contributed by atoms with Gasteiger partial charge in [-0.2, -0.15) is 0 Å². The van der Waals surface area contributed by atoms with E-state index in [1.54, 1.807) is 6.92 Å². The molecule has 2 amide bonds. The summed E-state index contributed by atoms with van der Waals surface area (Å²) in [7, 11) is 0. The Morgan fingerprint density at radius 3 is 2.70 bits per heavy atom. The molecule has 1 aliphatic heterocycles. The molecule has 8 heteroatoms. The van der Waals surface area contributed by atoms with Crippen LogP contribution in [0.2, 0.25) is 0 Å². The number of hydrogen-bond donors (Lipinski definition) is 1. The maximum absolute atomic E-state index is 12.9. The van der Waals surface area contributed by atoms with E-state index in [-0.39, 0.29) is 23.9 Å². The molecule has 0 radical (unpaired) electrons. The molecule has 2 aromatic rings. The van der Waals surface area contributed by atoms with Gasteiger partial charge < -0.3 is 10.2 Å². The highest BCUT2D eigenvalue weighted by atomic mass is 32.1. The Morgan fingerprint density at radius 2 is 2.00 bits per heavy atom. The van der Waals surface area contributed by atoms with E-state index in [4.69, 9.17) is 0 Å². The normalized spacial score (nSPS) is 14.5. The number of aryl methyl sites for hydroxylation is 1. The van der Waals surface area contributed by atoms with Gasteiger partial charge in [-0.1, -0.05) is 13.3 Å². The molecule has 0 bridgehead atoms. The smallest absolute Gasteiger partial charge is 0.262 e. The number of piperidine rings is 1. The second-order valence-corrected chi connectivity index (χ2v) is 7.96. The van der Waals surface area contributed by atoms with Gasteiger partial charge in [-0.3, -0.25) is 19.0 Å². The maximum atomic E-state index is 12.9. The van der Waals surface area contributed by atoms with Gasteiger partial charge in [0.25, 0.3) is 11.5 Å². The van der Waals surface area contributed by atoms with Crippen molar-refractivity contribution in [3.63, 3.8) is 0 Å². The molecule has 0 unspecified atom stereocenters. The van der Waals surface area contributed by atoms with Crippen molar-refractivity contribution >= 4 is 33.4 Å². The third-order valence-electron chi connectivity index (χ3n) is 4.95. The van der Waals surface area contributed by atoms with Gasteiger partial charge in [0.2, 0.25) is 5.91 Å². The summed E-state index contributed by atoms with van der Waals surface area (Å²) in [6.07, 6.45) is 6.51. The van der Waals surface area contributed by atoms with E-state index in [9.17, 15) is 14.4 Å². The largest absolute Gasteiger partial charge is 0.351 e. The van der Waals surface area contributed by atoms with Crippen LogP contribution in [-0.4, -0.2) is 45.9 Å². The number of fused-ring (bicyclic) bond motifs is 1. The molecule has 1 fully saturated rings.